The standard InChI is InChI=1S/C23H27N5O3/c1-23(30)9-12-28(13-10-23)22(29)27-21-25-19-16(6-7-18(31-2)20(19)26-21)14-4-3-5-17-15(14)8-11-24-17/h3-7,24,30H,8-13H2,1-2H3,(H2,25,26,27,29). The molecule has 0 radical (unpaired) electrons. The summed E-state index contributed by atoms with van der Waals surface area (Å²) in [4.78, 5) is 22.4. The lowest BCUT2D eigenvalue weighted by molar-refractivity contribution is 0.00569. The molecule has 0 spiro atoms. The van der Waals surface area contributed by atoms with Crippen LogP contribution >= 0.6 is 0 Å². The van der Waals surface area contributed by atoms with Crippen LogP contribution in [0, 0.1) is 0 Å². The van der Waals surface area contributed by atoms with E-state index in [4.69, 9.17) is 9.72 Å². The third kappa shape index (κ3) is 3.57. The van der Waals surface area contributed by atoms with E-state index in [1.54, 1.807) is 12.0 Å². The van der Waals surface area contributed by atoms with E-state index in [2.05, 4.69) is 27.8 Å². The number of nitrogens with one attached hydrogen (secondary N) is 3. The topological polar surface area (TPSA) is 103 Å². The Morgan fingerprint density at radius 1 is 1.23 bits per heavy atom. The second-order valence-electron chi connectivity index (χ2n) is 8.55. The smallest absolute Gasteiger partial charge is 0.324 e. The molecule has 1 aromatic heterocycles. The van der Waals surface area contributed by atoms with Crippen LogP contribution in [0.15, 0.2) is 30.3 Å². The number of nitrogens with zero attached hydrogens (tertiary/aromatic N) is 2. The summed E-state index contributed by atoms with van der Waals surface area (Å²) < 4.78 is 5.53. The van der Waals surface area contributed by atoms with Crippen LogP contribution in [0.2, 0.25) is 0 Å². The molecule has 4 N–H and O–H groups in total. The van der Waals surface area contributed by atoms with Crippen LogP contribution in [0.4, 0.5) is 16.4 Å². The Morgan fingerprint density at radius 3 is 2.81 bits per heavy atom. The molecule has 31 heavy (non-hydrogen) atoms. The van der Waals surface area contributed by atoms with Crippen molar-refractivity contribution in [2.24, 2.45) is 0 Å². The quantitative estimate of drug-likeness (QED) is 0.518. The number of hydrogen-bond donors (Lipinski definition) is 4. The fraction of sp³-hybridized carbons (Fsp3) is 0.391. The van der Waals surface area contributed by atoms with Crippen molar-refractivity contribution in [3.63, 3.8) is 0 Å². The first kappa shape index (κ1) is 19.7. The molecular weight excluding hydrogens is 394 g/mol. The Bertz CT molecular complexity index is 1140. The highest BCUT2D eigenvalue weighted by molar-refractivity contribution is 5.99. The summed E-state index contributed by atoms with van der Waals surface area (Å²) in [7, 11) is 1.62. The number of carbonyl (C=O) groups excluding carboxylic acids is 1. The molecule has 0 aliphatic carbocycles. The van der Waals surface area contributed by atoms with E-state index in [9.17, 15) is 9.90 Å². The maximum absolute atomic E-state index is 12.8. The van der Waals surface area contributed by atoms with Gasteiger partial charge in [0.25, 0.3) is 0 Å². The van der Waals surface area contributed by atoms with E-state index < -0.39 is 5.60 Å². The van der Waals surface area contributed by atoms with E-state index in [0.717, 1.165) is 40.8 Å². The molecule has 2 aromatic carbocycles. The van der Waals surface area contributed by atoms with Crippen LogP contribution in [-0.4, -0.2) is 58.4 Å². The van der Waals surface area contributed by atoms with Crippen molar-refractivity contribution in [2.45, 2.75) is 31.8 Å². The molecule has 3 aromatic rings. The number of carbonyl (C=O) groups is 1. The van der Waals surface area contributed by atoms with Gasteiger partial charge in [0.2, 0.25) is 5.95 Å². The highest BCUT2D eigenvalue weighted by Crippen LogP contribution is 2.39. The number of methoxy groups -OCH3 is 1. The van der Waals surface area contributed by atoms with Crippen molar-refractivity contribution in [3.05, 3.63) is 35.9 Å². The summed E-state index contributed by atoms with van der Waals surface area (Å²) in [5, 5.41) is 16.4. The average molecular weight is 422 g/mol. The number of likely N-dealkylation sites (tertiary alicyclic amines) is 1. The lowest BCUT2D eigenvalue weighted by atomic mass is 9.94. The number of aliphatic hydroxyl groups is 1. The molecule has 2 aliphatic heterocycles. The number of amides is 2. The van der Waals surface area contributed by atoms with Gasteiger partial charge in [-0.2, -0.15) is 0 Å². The number of aromatic amines is 1. The van der Waals surface area contributed by atoms with E-state index in [0.29, 0.717) is 37.6 Å². The van der Waals surface area contributed by atoms with Gasteiger partial charge in [0, 0.05) is 30.9 Å². The van der Waals surface area contributed by atoms with Gasteiger partial charge in [-0.15, -0.1) is 0 Å². The molecular formula is C23H27N5O3. The van der Waals surface area contributed by atoms with Crippen LogP contribution in [-0.2, 0) is 6.42 Å². The largest absolute Gasteiger partial charge is 0.494 e. The number of benzene rings is 2. The van der Waals surface area contributed by atoms with Gasteiger partial charge in [-0.25, -0.2) is 9.78 Å². The predicted octanol–water partition coefficient (Wildman–Crippen LogP) is 3.59. The van der Waals surface area contributed by atoms with Crippen molar-refractivity contribution < 1.29 is 14.6 Å². The first-order chi connectivity index (χ1) is 14.9. The minimum atomic E-state index is -0.705. The summed E-state index contributed by atoms with van der Waals surface area (Å²) in [5.41, 5.74) is 5.38. The zero-order chi connectivity index (χ0) is 21.6. The van der Waals surface area contributed by atoms with Crippen molar-refractivity contribution in [1.29, 1.82) is 0 Å². The zero-order valence-electron chi connectivity index (χ0n) is 17.8. The van der Waals surface area contributed by atoms with Gasteiger partial charge in [0.1, 0.15) is 16.8 Å². The van der Waals surface area contributed by atoms with Crippen LogP contribution in [0.25, 0.3) is 22.2 Å². The summed E-state index contributed by atoms with van der Waals surface area (Å²) in [5.74, 6) is 1.06. The molecule has 2 aliphatic rings. The second kappa shape index (κ2) is 7.46. The molecule has 8 nitrogen and oxygen atoms in total. The Balaban J connectivity index is 1.49. The molecule has 8 heteroatoms. The Kier molecular flexibility index (Phi) is 4.74. The SMILES string of the molecule is COc1ccc(-c2cccc3c2CCN3)c2nc(NC(=O)N3CCC(C)(O)CC3)[nH]c12. The lowest BCUT2D eigenvalue weighted by Gasteiger charge is -2.35. The number of ether oxygens (including phenoxy) is 1. The van der Waals surface area contributed by atoms with Gasteiger partial charge in [0.05, 0.1) is 12.7 Å². The molecule has 2 amide bonds. The molecule has 0 atom stereocenters. The van der Waals surface area contributed by atoms with Gasteiger partial charge < -0.3 is 25.0 Å². The van der Waals surface area contributed by atoms with E-state index in [1.807, 2.05) is 25.1 Å². The minimum absolute atomic E-state index is 0.222. The normalized spacial score (nSPS) is 17.3. The second-order valence-corrected chi connectivity index (χ2v) is 8.55. The average Bonchev–Trinajstić information content (AvgIpc) is 3.39. The first-order valence-corrected chi connectivity index (χ1v) is 10.7. The Labute approximate surface area is 180 Å². The van der Waals surface area contributed by atoms with Crippen LogP contribution < -0.4 is 15.4 Å². The molecule has 0 saturated carbocycles. The Morgan fingerprint density at radius 2 is 2.03 bits per heavy atom. The third-order valence-corrected chi connectivity index (χ3v) is 6.34. The van der Waals surface area contributed by atoms with Crippen LogP contribution in [0.1, 0.15) is 25.3 Å². The monoisotopic (exact) mass is 421 g/mol. The number of fused-ring (bicyclic) bond motifs is 2. The van der Waals surface area contributed by atoms with Crippen molar-refractivity contribution in [1.82, 2.24) is 14.9 Å². The molecule has 0 unspecified atom stereocenters. The van der Waals surface area contributed by atoms with Crippen molar-refractivity contribution >= 4 is 28.7 Å². The highest BCUT2D eigenvalue weighted by atomic mass is 16.5. The number of anilines is 2. The summed E-state index contributed by atoms with van der Waals surface area (Å²) in [6.07, 6.45) is 2.09. The number of urea groups is 1. The molecule has 5 rings (SSSR count). The number of hydrogen-bond acceptors (Lipinski definition) is 5. The number of H-pyrrole nitrogens is 1. The number of rotatable bonds is 3. The maximum atomic E-state index is 12.8. The van der Waals surface area contributed by atoms with E-state index in [-0.39, 0.29) is 6.03 Å². The number of piperidine rings is 1. The predicted molar refractivity (Wildman–Crippen MR) is 121 cm³/mol. The van der Waals surface area contributed by atoms with Crippen molar-refractivity contribution in [2.75, 3.05) is 37.4 Å². The fourth-order valence-electron chi connectivity index (χ4n) is 4.48. The molecule has 0 bridgehead atoms. The Hall–Kier alpha value is -3.26. The highest BCUT2D eigenvalue weighted by Gasteiger charge is 2.30. The number of imidazole rings is 1. The molecule has 3 heterocycles. The van der Waals surface area contributed by atoms with Gasteiger partial charge in [-0.3, -0.25) is 5.32 Å². The zero-order valence-corrected chi connectivity index (χ0v) is 17.8. The van der Waals surface area contributed by atoms with Crippen molar-refractivity contribution in [3.8, 4) is 16.9 Å². The molecule has 1 saturated heterocycles. The lowest BCUT2D eigenvalue weighted by Crippen LogP contribution is -2.46. The van der Waals surface area contributed by atoms with E-state index >= 15 is 0 Å². The number of aromatic nitrogens is 2. The third-order valence-electron chi connectivity index (χ3n) is 6.34. The molecule has 1 fully saturated rings. The van der Waals surface area contributed by atoms with Gasteiger partial charge in [0.15, 0.2) is 0 Å². The van der Waals surface area contributed by atoms with Crippen LogP contribution in [0.5, 0.6) is 5.75 Å². The summed E-state index contributed by atoms with van der Waals surface area (Å²) >= 11 is 0. The summed E-state index contributed by atoms with van der Waals surface area (Å²) in [6.45, 7) is 3.76. The van der Waals surface area contributed by atoms with Gasteiger partial charge in [-0.05, 0) is 55.5 Å². The first-order valence-electron chi connectivity index (χ1n) is 10.7. The van der Waals surface area contributed by atoms with Gasteiger partial charge >= 0.3 is 6.03 Å². The maximum Gasteiger partial charge on any atom is 0.324 e. The van der Waals surface area contributed by atoms with E-state index in [1.165, 1.54) is 5.56 Å². The van der Waals surface area contributed by atoms with Gasteiger partial charge in [-0.1, -0.05) is 12.1 Å². The fourth-order valence-corrected chi connectivity index (χ4v) is 4.48. The minimum Gasteiger partial charge on any atom is -0.494 e. The molecule has 162 valence electrons. The summed E-state index contributed by atoms with van der Waals surface area (Å²) in [6, 6.07) is 9.98. The van der Waals surface area contributed by atoms with Crippen LogP contribution in [0.3, 0.4) is 0 Å².